The van der Waals surface area contributed by atoms with Gasteiger partial charge in [-0.05, 0) is 26.0 Å². The summed E-state index contributed by atoms with van der Waals surface area (Å²) in [7, 11) is 3.49. The number of ether oxygens (including phenoxy) is 2. The van der Waals surface area contributed by atoms with Crippen LogP contribution in [-0.2, 0) is 11.8 Å². The van der Waals surface area contributed by atoms with Crippen molar-refractivity contribution < 1.29 is 14.3 Å². The summed E-state index contributed by atoms with van der Waals surface area (Å²) in [6, 6.07) is 7.57. The molecule has 1 aromatic heterocycles. The average molecular weight is 288 g/mol. The van der Waals surface area contributed by atoms with Crippen LogP contribution >= 0.6 is 0 Å². The maximum atomic E-state index is 12.1. The van der Waals surface area contributed by atoms with Crippen molar-refractivity contribution in [3.63, 3.8) is 0 Å². The van der Waals surface area contributed by atoms with Crippen molar-refractivity contribution in [1.82, 2.24) is 4.57 Å². The molecular weight excluding hydrogens is 268 g/mol. The van der Waals surface area contributed by atoms with Crippen molar-refractivity contribution >= 4 is 11.7 Å². The van der Waals surface area contributed by atoms with Crippen molar-refractivity contribution in [1.29, 1.82) is 0 Å². The lowest BCUT2D eigenvalue weighted by atomic mass is 10.1. The highest BCUT2D eigenvalue weighted by Gasteiger charge is 2.23. The van der Waals surface area contributed by atoms with Crippen molar-refractivity contribution in [3.8, 4) is 17.0 Å². The summed E-state index contributed by atoms with van der Waals surface area (Å²) in [5.74, 6) is 0.348. The fourth-order valence-electron chi connectivity index (χ4n) is 2.41. The number of hydrogen-bond acceptors (Lipinski definition) is 4. The molecule has 1 heterocycles. The second-order valence-electron chi connectivity index (χ2n) is 4.73. The minimum absolute atomic E-state index is 0.321. The molecule has 5 heteroatoms. The summed E-state index contributed by atoms with van der Waals surface area (Å²) in [5, 5.41) is 0. The van der Waals surface area contributed by atoms with Gasteiger partial charge < -0.3 is 19.8 Å². The third-order valence-electron chi connectivity index (χ3n) is 3.55. The molecule has 0 unspecified atom stereocenters. The molecule has 2 aromatic rings. The van der Waals surface area contributed by atoms with Crippen molar-refractivity contribution in [2.45, 2.75) is 13.8 Å². The monoisotopic (exact) mass is 288 g/mol. The molecule has 2 N–H and O–H groups in total. The Bertz CT molecular complexity index is 674. The Morgan fingerprint density at radius 3 is 2.71 bits per heavy atom. The van der Waals surface area contributed by atoms with E-state index >= 15 is 0 Å². The molecular formula is C16H20N2O3. The van der Waals surface area contributed by atoms with E-state index in [0.717, 1.165) is 22.7 Å². The Morgan fingerprint density at radius 2 is 2.10 bits per heavy atom. The predicted molar refractivity (Wildman–Crippen MR) is 82.5 cm³/mol. The fourth-order valence-corrected chi connectivity index (χ4v) is 2.41. The fraction of sp³-hybridized carbons (Fsp3) is 0.312. The van der Waals surface area contributed by atoms with Gasteiger partial charge in [0, 0.05) is 18.3 Å². The number of carbonyl (C=O) groups excluding carboxylic acids is 1. The maximum Gasteiger partial charge on any atom is 0.342 e. The van der Waals surface area contributed by atoms with Crippen LogP contribution in [0.2, 0.25) is 0 Å². The minimum atomic E-state index is -0.391. The van der Waals surface area contributed by atoms with E-state index in [9.17, 15) is 4.79 Å². The van der Waals surface area contributed by atoms with Crippen LogP contribution in [0.3, 0.4) is 0 Å². The molecule has 112 valence electrons. The first-order valence-electron chi connectivity index (χ1n) is 6.77. The van der Waals surface area contributed by atoms with E-state index in [1.54, 1.807) is 14.0 Å². The molecule has 0 aliphatic rings. The molecule has 5 nitrogen and oxygen atoms in total. The topological polar surface area (TPSA) is 66.5 Å². The van der Waals surface area contributed by atoms with Crippen LogP contribution in [0.25, 0.3) is 11.3 Å². The van der Waals surface area contributed by atoms with E-state index in [2.05, 4.69) is 0 Å². The zero-order chi connectivity index (χ0) is 15.6. The van der Waals surface area contributed by atoms with Crippen molar-refractivity contribution in [3.05, 3.63) is 35.5 Å². The molecule has 0 amide bonds. The molecule has 1 aromatic carbocycles. The number of nitrogen functional groups attached to an aromatic ring is 1. The number of carbonyl (C=O) groups is 1. The summed E-state index contributed by atoms with van der Waals surface area (Å²) in [6.07, 6.45) is 0. The third kappa shape index (κ3) is 2.59. The summed E-state index contributed by atoms with van der Waals surface area (Å²) in [5.41, 5.74) is 9.52. The zero-order valence-electron chi connectivity index (χ0n) is 12.8. The number of aromatic nitrogens is 1. The molecule has 0 saturated carbocycles. The standard InChI is InChI=1S/C16H20N2O3/c1-5-21-16(19)13-10(2)18(3)15(14(13)17)11-7-6-8-12(9-11)20-4/h6-9H,5,17H2,1-4H3. The van der Waals surface area contributed by atoms with E-state index < -0.39 is 5.97 Å². The average Bonchev–Trinajstić information content (AvgIpc) is 2.69. The van der Waals surface area contributed by atoms with Gasteiger partial charge in [0.15, 0.2) is 0 Å². The van der Waals surface area contributed by atoms with Crippen LogP contribution in [0.15, 0.2) is 24.3 Å². The summed E-state index contributed by atoms with van der Waals surface area (Å²) < 4.78 is 12.2. The number of rotatable bonds is 4. The number of hydrogen-bond donors (Lipinski definition) is 1. The molecule has 0 radical (unpaired) electrons. The zero-order valence-corrected chi connectivity index (χ0v) is 12.8. The normalized spacial score (nSPS) is 10.5. The van der Waals surface area contributed by atoms with Gasteiger partial charge in [-0.1, -0.05) is 12.1 Å². The lowest BCUT2D eigenvalue weighted by Crippen LogP contribution is -2.08. The van der Waals surface area contributed by atoms with Crippen LogP contribution in [0.5, 0.6) is 5.75 Å². The van der Waals surface area contributed by atoms with Crippen LogP contribution in [0.4, 0.5) is 5.69 Å². The number of nitrogens with zero attached hydrogens (tertiary/aromatic N) is 1. The number of nitrogens with two attached hydrogens (primary N) is 1. The minimum Gasteiger partial charge on any atom is -0.497 e. The van der Waals surface area contributed by atoms with Crippen LogP contribution < -0.4 is 10.5 Å². The highest BCUT2D eigenvalue weighted by Crippen LogP contribution is 2.34. The van der Waals surface area contributed by atoms with E-state index in [1.807, 2.05) is 42.8 Å². The van der Waals surface area contributed by atoms with Crippen molar-refractivity contribution in [2.24, 2.45) is 7.05 Å². The lowest BCUT2D eigenvalue weighted by Gasteiger charge is -2.08. The molecule has 0 aliphatic carbocycles. The van der Waals surface area contributed by atoms with Gasteiger partial charge in [0.25, 0.3) is 0 Å². The third-order valence-corrected chi connectivity index (χ3v) is 3.55. The smallest absolute Gasteiger partial charge is 0.342 e. The second-order valence-corrected chi connectivity index (χ2v) is 4.73. The molecule has 0 atom stereocenters. The van der Waals surface area contributed by atoms with Gasteiger partial charge in [-0.3, -0.25) is 0 Å². The Morgan fingerprint density at radius 1 is 1.38 bits per heavy atom. The SMILES string of the molecule is CCOC(=O)c1c(N)c(-c2cccc(OC)c2)n(C)c1C. The number of anilines is 1. The molecule has 0 saturated heterocycles. The van der Waals surface area contributed by atoms with E-state index in [0.29, 0.717) is 17.9 Å². The molecule has 0 spiro atoms. The van der Waals surface area contributed by atoms with Crippen LogP contribution in [0, 0.1) is 6.92 Å². The van der Waals surface area contributed by atoms with Gasteiger partial charge in [0.2, 0.25) is 0 Å². The molecule has 0 bridgehead atoms. The van der Waals surface area contributed by atoms with Crippen LogP contribution in [-0.4, -0.2) is 24.3 Å². The van der Waals surface area contributed by atoms with Gasteiger partial charge in [0.05, 0.1) is 25.1 Å². The van der Waals surface area contributed by atoms with Gasteiger partial charge in [-0.15, -0.1) is 0 Å². The van der Waals surface area contributed by atoms with E-state index in [4.69, 9.17) is 15.2 Å². The van der Waals surface area contributed by atoms with Gasteiger partial charge in [-0.25, -0.2) is 4.79 Å². The maximum absolute atomic E-state index is 12.1. The Labute approximate surface area is 124 Å². The predicted octanol–water partition coefficient (Wildman–Crippen LogP) is 2.77. The first-order chi connectivity index (χ1) is 10.0. The summed E-state index contributed by atoms with van der Waals surface area (Å²) in [6.45, 7) is 3.95. The Hall–Kier alpha value is -2.43. The van der Waals surface area contributed by atoms with E-state index in [1.165, 1.54) is 0 Å². The molecule has 2 rings (SSSR count). The summed E-state index contributed by atoms with van der Waals surface area (Å²) in [4.78, 5) is 12.1. The quantitative estimate of drug-likeness (QED) is 0.878. The highest BCUT2D eigenvalue weighted by molar-refractivity contribution is 6.01. The molecule has 21 heavy (non-hydrogen) atoms. The highest BCUT2D eigenvalue weighted by atomic mass is 16.5. The molecule has 0 aliphatic heterocycles. The summed E-state index contributed by atoms with van der Waals surface area (Å²) >= 11 is 0. The Kier molecular flexibility index (Phi) is 4.21. The van der Waals surface area contributed by atoms with Crippen LogP contribution in [0.1, 0.15) is 23.0 Å². The van der Waals surface area contributed by atoms with Gasteiger partial charge in [-0.2, -0.15) is 0 Å². The number of benzene rings is 1. The lowest BCUT2D eigenvalue weighted by molar-refractivity contribution is 0.0526. The van der Waals surface area contributed by atoms with Gasteiger partial charge >= 0.3 is 5.97 Å². The largest absolute Gasteiger partial charge is 0.497 e. The first kappa shape index (κ1) is 15.0. The Balaban J connectivity index is 2.59. The second kappa shape index (κ2) is 5.91. The molecule has 0 fully saturated rings. The number of methoxy groups -OCH3 is 1. The van der Waals surface area contributed by atoms with Crippen molar-refractivity contribution in [2.75, 3.05) is 19.5 Å². The number of esters is 1. The van der Waals surface area contributed by atoms with E-state index in [-0.39, 0.29) is 0 Å². The first-order valence-corrected chi connectivity index (χ1v) is 6.77. The van der Waals surface area contributed by atoms with Gasteiger partial charge in [0.1, 0.15) is 11.3 Å².